The van der Waals surface area contributed by atoms with Gasteiger partial charge < -0.3 is 33.8 Å². The second-order valence-corrected chi connectivity index (χ2v) is 30.4. The van der Waals surface area contributed by atoms with Crippen molar-refractivity contribution in [1.29, 1.82) is 0 Å². The van der Waals surface area contributed by atoms with Crippen LogP contribution in [0.25, 0.3) is 0 Å². The largest absolute Gasteiger partial charge is 0.472 e. The van der Waals surface area contributed by atoms with E-state index in [2.05, 4.69) is 48.5 Å². The van der Waals surface area contributed by atoms with Gasteiger partial charge >= 0.3 is 39.5 Å². The Morgan fingerprint density at radius 3 is 0.826 bits per heavy atom. The second-order valence-electron chi connectivity index (χ2n) is 27.5. The van der Waals surface area contributed by atoms with Crippen LogP contribution < -0.4 is 0 Å². The zero-order valence-electron chi connectivity index (χ0n) is 60.0. The molecular weight excluding hydrogens is 1210 g/mol. The standard InChI is InChI=1S/C73H142O17P2/c1-8-10-11-12-13-14-15-16-17-18-19-20-21-22-23-24-25-26-27-32-42-49-56-72(77)89-68(60-83-70(75)54-47-40-31-29-28-30-39-46-53-66(7)9-2)62-87-91(79,80)85-58-67(74)59-86-92(81,82)88-63-69(90-73(78)57-50-43-36-34-38-45-52-65(5)6)61-84-71(76)55-48-41-35-33-37-44-51-64(3)4/h64-69,74H,8-63H2,1-7H3,(H,79,80)(H,81,82)/t66?,67-,68-,69-/m1/s1. The van der Waals surface area contributed by atoms with Gasteiger partial charge in [0.1, 0.15) is 19.3 Å². The van der Waals surface area contributed by atoms with Crippen LogP contribution in [0.2, 0.25) is 0 Å². The lowest BCUT2D eigenvalue weighted by molar-refractivity contribution is -0.161. The predicted molar refractivity (Wildman–Crippen MR) is 372 cm³/mol. The molecular formula is C73H142O17P2. The van der Waals surface area contributed by atoms with Gasteiger partial charge in [0.25, 0.3) is 0 Å². The molecule has 0 spiro atoms. The first-order valence-electron chi connectivity index (χ1n) is 37.9. The molecule has 0 aliphatic rings. The Bertz CT molecular complexity index is 1800. The highest BCUT2D eigenvalue weighted by Crippen LogP contribution is 2.45. The minimum Gasteiger partial charge on any atom is -0.462 e. The zero-order valence-corrected chi connectivity index (χ0v) is 61.8. The number of aliphatic hydroxyl groups excluding tert-OH is 1. The molecule has 0 heterocycles. The van der Waals surface area contributed by atoms with E-state index in [0.29, 0.717) is 37.5 Å². The van der Waals surface area contributed by atoms with Crippen molar-refractivity contribution < 1.29 is 80.2 Å². The first-order valence-corrected chi connectivity index (χ1v) is 40.9. The molecule has 3 N–H and O–H groups in total. The number of rotatable bonds is 71. The monoisotopic (exact) mass is 1350 g/mol. The van der Waals surface area contributed by atoms with E-state index >= 15 is 0 Å². The van der Waals surface area contributed by atoms with Crippen LogP contribution in [0.3, 0.4) is 0 Å². The van der Waals surface area contributed by atoms with Gasteiger partial charge in [-0.2, -0.15) is 0 Å². The molecule has 0 fully saturated rings. The fourth-order valence-electron chi connectivity index (χ4n) is 11.0. The van der Waals surface area contributed by atoms with Crippen LogP contribution in [0.15, 0.2) is 0 Å². The molecule has 6 atom stereocenters. The van der Waals surface area contributed by atoms with E-state index in [9.17, 15) is 43.2 Å². The molecule has 0 saturated heterocycles. The highest BCUT2D eigenvalue weighted by atomic mass is 31.2. The van der Waals surface area contributed by atoms with Crippen LogP contribution in [0.1, 0.15) is 370 Å². The fourth-order valence-corrected chi connectivity index (χ4v) is 12.6. The zero-order chi connectivity index (χ0) is 68.0. The molecule has 0 aromatic heterocycles. The molecule has 0 rings (SSSR count). The highest BCUT2D eigenvalue weighted by molar-refractivity contribution is 7.47. The Balaban J connectivity index is 5.14. The summed E-state index contributed by atoms with van der Waals surface area (Å²) >= 11 is 0. The third-order valence-electron chi connectivity index (χ3n) is 17.2. The van der Waals surface area contributed by atoms with Gasteiger partial charge in [-0.3, -0.25) is 37.3 Å². The molecule has 0 aromatic rings. The SMILES string of the molecule is CCCCCCCCCCCCCCCCCCCCCCCCC(=O)O[C@H](COC(=O)CCCCCCCCCCC(C)CC)COP(=O)(O)OC[C@@H](O)COP(=O)(O)OC[C@@H](COC(=O)CCCCCCCCC(C)C)OC(=O)CCCCCCCCC(C)C. The molecule has 546 valence electrons. The maximum absolute atomic E-state index is 13.1. The molecule has 0 amide bonds. The number of phosphoric ester groups is 2. The van der Waals surface area contributed by atoms with Crippen LogP contribution in [0.5, 0.6) is 0 Å². The third-order valence-corrected chi connectivity index (χ3v) is 19.1. The minimum absolute atomic E-state index is 0.101. The average Bonchev–Trinajstić information content (AvgIpc) is 3.70. The molecule has 0 bridgehead atoms. The van der Waals surface area contributed by atoms with Gasteiger partial charge in [-0.25, -0.2) is 9.13 Å². The van der Waals surface area contributed by atoms with Crippen molar-refractivity contribution >= 4 is 39.5 Å². The van der Waals surface area contributed by atoms with Crippen molar-refractivity contribution in [3.8, 4) is 0 Å². The van der Waals surface area contributed by atoms with Crippen LogP contribution in [0.4, 0.5) is 0 Å². The van der Waals surface area contributed by atoms with Crippen molar-refractivity contribution in [3.63, 3.8) is 0 Å². The lowest BCUT2D eigenvalue weighted by Crippen LogP contribution is -2.30. The van der Waals surface area contributed by atoms with Gasteiger partial charge in [0.2, 0.25) is 0 Å². The van der Waals surface area contributed by atoms with Gasteiger partial charge in [-0.1, -0.05) is 318 Å². The van der Waals surface area contributed by atoms with Crippen LogP contribution >= 0.6 is 15.6 Å². The summed E-state index contributed by atoms with van der Waals surface area (Å²) in [6.07, 6.45) is 49.2. The van der Waals surface area contributed by atoms with Crippen molar-refractivity contribution in [2.24, 2.45) is 17.8 Å². The van der Waals surface area contributed by atoms with Gasteiger partial charge in [-0.05, 0) is 43.4 Å². The second kappa shape index (κ2) is 63.8. The molecule has 17 nitrogen and oxygen atoms in total. The van der Waals surface area contributed by atoms with E-state index in [1.165, 1.54) is 173 Å². The summed E-state index contributed by atoms with van der Waals surface area (Å²) in [5.41, 5.74) is 0. The van der Waals surface area contributed by atoms with E-state index in [4.69, 9.17) is 37.0 Å². The normalized spacial score (nSPS) is 14.4. The maximum Gasteiger partial charge on any atom is 0.472 e. The van der Waals surface area contributed by atoms with Crippen LogP contribution in [0, 0.1) is 17.8 Å². The summed E-state index contributed by atoms with van der Waals surface area (Å²) in [4.78, 5) is 72.5. The summed E-state index contributed by atoms with van der Waals surface area (Å²) in [6, 6.07) is 0. The molecule has 19 heteroatoms. The Kier molecular flexibility index (Phi) is 62.4. The molecule has 92 heavy (non-hydrogen) atoms. The molecule has 0 radical (unpaired) electrons. The highest BCUT2D eigenvalue weighted by Gasteiger charge is 2.30. The number of phosphoric acid groups is 2. The average molecular weight is 1350 g/mol. The van der Waals surface area contributed by atoms with Crippen molar-refractivity contribution in [1.82, 2.24) is 0 Å². The summed E-state index contributed by atoms with van der Waals surface area (Å²) < 4.78 is 68.3. The van der Waals surface area contributed by atoms with Crippen molar-refractivity contribution in [2.45, 2.75) is 388 Å². The van der Waals surface area contributed by atoms with E-state index in [0.717, 1.165) is 102 Å². The first-order chi connectivity index (χ1) is 44.3. The smallest absolute Gasteiger partial charge is 0.462 e. The molecule has 3 unspecified atom stereocenters. The third kappa shape index (κ3) is 65.4. The van der Waals surface area contributed by atoms with Crippen LogP contribution in [-0.4, -0.2) is 96.7 Å². The van der Waals surface area contributed by atoms with Gasteiger partial charge in [0, 0.05) is 25.7 Å². The number of carbonyl (C=O) groups excluding carboxylic acids is 4. The van der Waals surface area contributed by atoms with E-state index in [-0.39, 0.29) is 25.7 Å². The maximum atomic E-state index is 13.1. The number of ether oxygens (including phenoxy) is 4. The lowest BCUT2D eigenvalue weighted by Gasteiger charge is -2.21. The van der Waals surface area contributed by atoms with Gasteiger partial charge in [0.15, 0.2) is 12.2 Å². The van der Waals surface area contributed by atoms with Crippen molar-refractivity contribution in [3.05, 3.63) is 0 Å². The van der Waals surface area contributed by atoms with Crippen LogP contribution in [-0.2, 0) is 65.4 Å². The number of esters is 4. The fraction of sp³-hybridized carbons (Fsp3) is 0.945. The number of unbranched alkanes of at least 4 members (excludes halogenated alkanes) is 38. The number of aliphatic hydroxyl groups is 1. The number of hydrogen-bond donors (Lipinski definition) is 3. The van der Waals surface area contributed by atoms with E-state index in [1.54, 1.807) is 0 Å². The molecule has 0 aliphatic carbocycles. The quantitative estimate of drug-likeness (QED) is 0.0222. The van der Waals surface area contributed by atoms with E-state index in [1.807, 2.05) is 0 Å². The Labute approximate surface area is 562 Å². The number of carbonyl (C=O) groups is 4. The summed E-state index contributed by atoms with van der Waals surface area (Å²) in [5.74, 6) is -0.00595. The first kappa shape index (κ1) is 90.1. The molecule has 0 saturated carbocycles. The molecule has 0 aromatic carbocycles. The summed E-state index contributed by atoms with van der Waals surface area (Å²) in [7, 11) is -9.90. The lowest BCUT2D eigenvalue weighted by atomic mass is 9.99. The summed E-state index contributed by atoms with van der Waals surface area (Å²) in [6.45, 7) is 11.7. The Morgan fingerprint density at radius 2 is 0.554 bits per heavy atom. The van der Waals surface area contributed by atoms with E-state index < -0.39 is 97.5 Å². The number of hydrogen-bond acceptors (Lipinski definition) is 15. The van der Waals surface area contributed by atoms with Gasteiger partial charge in [-0.15, -0.1) is 0 Å². The van der Waals surface area contributed by atoms with Gasteiger partial charge in [0.05, 0.1) is 26.4 Å². The van der Waals surface area contributed by atoms with Crippen molar-refractivity contribution in [2.75, 3.05) is 39.6 Å². The summed E-state index contributed by atoms with van der Waals surface area (Å²) in [5, 5.41) is 10.6. The topological polar surface area (TPSA) is 237 Å². The Hall–Kier alpha value is -1.94. The Morgan fingerprint density at radius 1 is 0.315 bits per heavy atom. The molecule has 0 aliphatic heterocycles. The predicted octanol–water partition coefficient (Wildman–Crippen LogP) is 21.0. The minimum atomic E-state index is -4.95.